The minimum atomic E-state index is -3.39. The summed E-state index contributed by atoms with van der Waals surface area (Å²) in [6, 6.07) is 6.19. The molecule has 38 heavy (non-hydrogen) atoms. The van der Waals surface area contributed by atoms with Gasteiger partial charge in [-0.05, 0) is 62.4 Å². The van der Waals surface area contributed by atoms with Gasteiger partial charge in [0.05, 0.1) is 21.6 Å². The Kier molecular flexibility index (Phi) is 7.72. The Morgan fingerprint density at radius 3 is 2.55 bits per heavy atom. The van der Waals surface area contributed by atoms with E-state index in [1.807, 2.05) is 31.5 Å². The molecule has 0 amide bonds. The van der Waals surface area contributed by atoms with Crippen LogP contribution in [0.3, 0.4) is 0 Å². The van der Waals surface area contributed by atoms with Gasteiger partial charge in [-0.25, -0.2) is 23.4 Å². The van der Waals surface area contributed by atoms with Crippen LogP contribution in [0.15, 0.2) is 36.7 Å². The van der Waals surface area contributed by atoms with Crippen LogP contribution >= 0.6 is 11.3 Å². The van der Waals surface area contributed by atoms with E-state index in [0.717, 1.165) is 58.8 Å². The number of aromatic nitrogens is 3. The van der Waals surface area contributed by atoms with E-state index in [4.69, 9.17) is 9.72 Å². The molecule has 2 aliphatic rings. The molecule has 0 radical (unpaired) electrons. The molecule has 0 saturated carbocycles. The fourth-order valence-electron chi connectivity index (χ4n) is 4.69. The summed E-state index contributed by atoms with van der Waals surface area (Å²) < 4.78 is 34.2. The van der Waals surface area contributed by atoms with Crippen LogP contribution in [0, 0.1) is 6.92 Å². The predicted molar refractivity (Wildman–Crippen MR) is 151 cm³/mol. The molecule has 3 aromatic rings. The minimum Gasteiger partial charge on any atom is -0.467 e. The van der Waals surface area contributed by atoms with E-state index < -0.39 is 15.6 Å². The van der Waals surface area contributed by atoms with Crippen LogP contribution in [0.25, 0.3) is 15.8 Å². The molecule has 0 spiro atoms. The van der Waals surface area contributed by atoms with Crippen LogP contribution in [0.5, 0.6) is 5.19 Å². The third-order valence-corrected chi connectivity index (χ3v) is 9.78. The van der Waals surface area contributed by atoms with Gasteiger partial charge in [0.25, 0.3) is 5.19 Å². The number of aliphatic hydroxyl groups is 1. The zero-order valence-corrected chi connectivity index (χ0v) is 23.8. The first-order chi connectivity index (χ1) is 18.1. The molecule has 11 heteroatoms. The lowest BCUT2D eigenvalue weighted by Crippen LogP contribution is -2.39. The number of anilines is 1. The summed E-state index contributed by atoms with van der Waals surface area (Å²) in [5.74, 6) is 0.724. The summed E-state index contributed by atoms with van der Waals surface area (Å²) in [5.41, 5.74) is 3.20. The van der Waals surface area contributed by atoms with E-state index in [0.29, 0.717) is 24.7 Å². The first-order valence-corrected chi connectivity index (χ1v) is 15.5. The average molecular weight is 558 g/mol. The number of rotatable bonds is 8. The number of aryl methyl sites for hydroxylation is 1. The zero-order valence-electron chi connectivity index (χ0n) is 22.1. The van der Waals surface area contributed by atoms with Crippen molar-refractivity contribution >= 4 is 43.1 Å². The number of ether oxygens (including phenoxy) is 1. The second-order valence-corrected chi connectivity index (χ2v) is 13.8. The normalized spacial score (nSPS) is 18.1. The highest BCUT2D eigenvalue weighted by Crippen LogP contribution is 2.33. The summed E-state index contributed by atoms with van der Waals surface area (Å²) in [4.78, 5) is 15.8. The topological polar surface area (TPSA) is 109 Å². The average Bonchev–Trinajstić information content (AvgIpc) is 3.30. The molecule has 2 aromatic heterocycles. The maximum atomic E-state index is 12.7. The second-order valence-electron chi connectivity index (χ2n) is 10.7. The number of sulfonamides is 1. The number of piperidine rings is 1. The predicted octanol–water partition coefficient (Wildman–Crippen LogP) is 4.02. The quantitative estimate of drug-likeness (QED) is 0.442. The van der Waals surface area contributed by atoms with Crippen molar-refractivity contribution in [3.05, 3.63) is 47.8 Å². The van der Waals surface area contributed by atoms with E-state index in [-0.39, 0.29) is 18.3 Å². The highest BCUT2D eigenvalue weighted by molar-refractivity contribution is 7.89. The monoisotopic (exact) mass is 557 g/mol. The Labute approximate surface area is 228 Å². The lowest BCUT2D eigenvalue weighted by molar-refractivity contribution is 0.0769. The summed E-state index contributed by atoms with van der Waals surface area (Å²) in [5, 5.41) is 10.6. The van der Waals surface area contributed by atoms with Gasteiger partial charge in [-0.1, -0.05) is 23.5 Å². The molecule has 0 atom stereocenters. The third kappa shape index (κ3) is 6.51. The maximum Gasteiger partial charge on any atom is 0.274 e. The summed E-state index contributed by atoms with van der Waals surface area (Å²) in [6.45, 7) is 7.75. The fourth-order valence-corrected chi connectivity index (χ4v) is 7.30. The molecule has 0 aliphatic carbocycles. The van der Waals surface area contributed by atoms with Crippen LogP contribution in [0.2, 0.25) is 0 Å². The number of hydrogen-bond acceptors (Lipinski definition) is 9. The summed E-state index contributed by atoms with van der Waals surface area (Å²) in [7, 11) is -3.39. The number of fused-ring (bicyclic) bond motifs is 1. The zero-order chi connectivity index (χ0) is 26.9. The van der Waals surface area contributed by atoms with E-state index in [2.05, 4.69) is 27.0 Å². The van der Waals surface area contributed by atoms with Crippen molar-refractivity contribution in [2.75, 3.05) is 36.8 Å². The molecule has 1 N–H and O–H groups in total. The molecule has 9 nitrogen and oxygen atoms in total. The van der Waals surface area contributed by atoms with Crippen molar-refractivity contribution in [3.8, 4) is 5.19 Å². The molecular formula is C27H35N5O4S2. The lowest BCUT2D eigenvalue weighted by atomic mass is 10.0. The van der Waals surface area contributed by atoms with Gasteiger partial charge in [-0.15, -0.1) is 0 Å². The van der Waals surface area contributed by atoms with Crippen molar-refractivity contribution in [3.63, 3.8) is 0 Å². The Bertz CT molecular complexity index is 1410. The smallest absolute Gasteiger partial charge is 0.274 e. The van der Waals surface area contributed by atoms with Crippen molar-refractivity contribution < 1.29 is 18.3 Å². The Morgan fingerprint density at radius 2 is 1.89 bits per heavy atom. The van der Waals surface area contributed by atoms with Gasteiger partial charge >= 0.3 is 0 Å². The molecule has 0 unspecified atom stereocenters. The van der Waals surface area contributed by atoms with E-state index >= 15 is 0 Å². The lowest BCUT2D eigenvalue weighted by Gasteiger charge is -2.31. The van der Waals surface area contributed by atoms with Gasteiger partial charge in [-0.2, -0.15) is 4.31 Å². The third-order valence-electron chi connectivity index (χ3n) is 7.04. The number of hydrogen-bond donors (Lipinski definition) is 1. The molecular weight excluding hydrogens is 522 g/mol. The van der Waals surface area contributed by atoms with Crippen molar-refractivity contribution in [2.24, 2.45) is 0 Å². The van der Waals surface area contributed by atoms with Crippen LogP contribution in [0.1, 0.15) is 50.7 Å². The van der Waals surface area contributed by atoms with Crippen molar-refractivity contribution in [1.29, 1.82) is 0 Å². The van der Waals surface area contributed by atoms with Crippen molar-refractivity contribution in [2.45, 2.75) is 58.2 Å². The molecule has 2 aliphatic heterocycles. The van der Waals surface area contributed by atoms with Gasteiger partial charge in [0, 0.05) is 51.4 Å². The molecule has 0 bridgehead atoms. The first kappa shape index (κ1) is 27.0. The Hall–Kier alpha value is -2.60. The Morgan fingerprint density at radius 1 is 1.16 bits per heavy atom. The van der Waals surface area contributed by atoms with Crippen molar-refractivity contribution in [1.82, 2.24) is 19.3 Å². The maximum absolute atomic E-state index is 12.7. The van der Waals surface area contributed by atoms with Gasteiger partial charge in [-0.3, -0.25) is 0 Å². The standard InChI is InChI=1S/C27H35N5O4S2/c1-19-17-28-25(29-18-19)31-11-8-22(9-12-31)36-26-30-23-5-4-21(16-24(23)37-26)20-6-13-32(14-7-20)38(34,35)15-10-27(2,3)33/h4-6,16-18,22,33H,7-15H2,1-3H3. The number of thiazole rings is 1. The van der Waals surface area contributed by atoms with E-state index in [1.54, 1.807) is 25.2 Å². The number of nitrogens with zero attached hydrogens (tertiary/aromatic N) is 5. The highest BCUT2D eigenvalue weighted by atomic mass is 32.2. The second kappa shape index (κ2) is 10.9. The highest BCUT2D eigenvalue weighted by Gasteiger charge is 2.27. The largest absolute Gasteiger partial charge is 0.467 e. The Balaban J connectivity index is 1.19. The van der Waals surface area contributed by atoms with Crippen LogP contribution in [-0.2, 0) is 10.0 Å². The van der Waals surface area contributed by atoms with Gasteiger partial charge < -0.3 is 14.7 Å². The van der Waals surface area contributed by atoms with Gasteiger partial charge in [0.2, 0.25) is 16.0 Å². The van der Waals surface area contributed by atoms with Gasteiger partial charge in [0.15, 0.2) is 0 Å². The minimum absolute atomic E-state index is 0.0476. The fraction of sp³-hybridized carbons (Fsp3) is 0.519. The molecule has 1 aromatic carbocycles. The van der Waals surface area contributed by atoms with E-state index in [1.165, 1.54) is 4.31 Å². The van der Waals surface area contributed by atoms with E-state index in [9.17, 15) is 13.5 Å². The SMILES string of the molecule is Cc1cnc(N2CCC(Oc3nc4ccc(C5=CCN(S(=O)(=O)CCC(C)(C)O)CC5)cc4s3)CC2)nc1. The van der Waals surface area contributed by atoms with Crippen LogP contribution in [0.4, 0.5) is 5.95 Å². The molecule has 1 fully saturated rings. The number of benzene rings is 1. The molecule has 1 saturated heterocycles. The van der Waals surface area contributed by atoms with Crippen LogP contribution < -0.4 is 9.64 Å². The van der Waals surface area contributed by atoms with Crippen LogP contribution in [-0.4, -0.2) is 76.4 Å². The molecule has 5 rings (SSSR count). The summed E-state index contributed by atoms with van der Waals surface area (Å²) >= 11 is 1.55. The van der Waals surface area contributed by atoms with Gasteiger partial charge in [0.1, 0.15) is 6.10 Å². The summed E-state index contributed by atoms with van der Waals surface area (Å²) in [6.07, 6.45) is 8.45. The molecule has 4 heterocycles. The first-order valence-electron chi connectivity index (χ1n) is 13.1. The molecule has 204 valence electrons.